The number of benzene rings is 1. The molecule has 1 rings (SSSR count). The second-order valence-corrected chi connectivity index (χ2v) is 4.73. The zero-order valence-corrected chi connectivity index (χ0v) is 10.6. The average molecular weight is 253 g/mol. The molecule has 0 saturated heterocycles. The van der Waals surface area contributed by atoms with Crippen molar-refractivity contribution in [1.29, 1.82) is 0 Å². The highest BCUT2D eigenvalue weighted by Crippen LogP contribution is 2.20. The summed E-state index contributed by atoms with van der Waals surface area (Å²) in [5, 5.41) is 8.79. The summed E-state index contributed by atoms with van der Waals surface area (Å²) >= 11 is 0. The molecule has 0 radical (unpaired) electrons. The maximum Gasteiger partial charge on any atom is 0.305 e. The molecule has 0 aliphatic heterocycles. The fourth-order valence-corrected chi connectivity index (χ4v) is 1.58. The predicted molar refractivity (Wildman–Crippen MR) is 64.8 cm³/mol. The maximum absolute atomic E-state index is 13.5. The molecule has 0 aliphatic carbocycles. The number of aliphatic carboxylic acids is 1. The summed E-state index contributed by atoms with van der Waals surface area (Å²) in [5.74, 6) is -2.15. The lowest BCUT2D eigenvalue weighted by Gasteiger charge is -2.34. The van der Waals surface area contributed by atoms with Gasteiger partial charge in [-0.1, -0.05) is 12.1 Å². The van der Waals surface area contributed by atoms with Crippen LogP contribution in [0.25, 0.3) is 0 Å². The van der Waals surface area contributed by atoms with Gasteiger partial charge in [0.05, 0.1) is 12.0 Å². The van der Waals surface area contributed by atoms with Gasteiger partial charge in [0.15, 0.2) is 0 Å². The molecule has 18 heavy (non-hydrogen) atoms. The van der Waals surface area contributed by atoms with Crippen LogP contribution in [-0.4, -0.2) is 34.5 Å². The summed E-state index contributed by atoms with van der Waals surface area (Å²) in [6.45, 7) is 3.25. The Morgan fingerprint density at radius 1 is 1.33 bits per heavy atom. The minimum absolute atomic E-state index is 0.0570. The number of carbonyl (C=O) groups excluding carboxylic acids is 1. The number of hydrogen-bond acceptors (Lipinski definition) is 2. The second kappa shape index (κ2) is 5.16. The van der Waals surface area contributed by atoms with Gasteiger partial charge in [0.1, 0.15) is 5.82 Å². The lowest BCUT2D eigenvalue weighted by atomic mass is 9.97. The van der Waals surface area contributed by atoms with Gasteiger partial charge in [0.2, 0.25) is 0 Å². The van der Waals surface area contributed by atoms with Crippen molar-refractivity contribution in [2.45, 2.75) is 25.8 Å². The topological polar surface area (TPSA) is 57.6 Å². The Balaban J connectivity index is 2.97. The molecule has 98 valence electrons. The molecule has 0 atom stereocenters. The number of nitrogens with zero attached hydrogens (tertiary/aromatic N) is 1. The highest BCUT2D eigenvalue weighted by molar-refractivity contribution is 5.95. The minimum Gasteiger partial charge on any atom is -0.481 e. The van der Waals surface area contributed by atoms with Crippen LogP contribution in [0.2, 0.25) is 0 Å². The molecule has 0 unspecified atom stereocenters. The first-order valence-corrected chi connectivity index (χ1v) is 5.50. The molecule has 1 amide bonds. The van der Waals surface area contributed by atoms with Crippen molar-refractivity contribution in [2.24, 2.45) is 0 Å². The number of hydrogen-bond donors (Lipinski definition) is 1. The van der Waals surface area contributed by atoms with Crippen LogP contribution in [0.15, 0.2) is 24.3 Å². The van der Waals surface area contributed by atoms with Crippen LogP contribution < -0.4 is 0 Å². The van der Waals surface area contributed by atoms with Crippen LogP contribution in [-0.2, 0) is 4.79 Å². The quantitative estimate of drug-likeness (QED) is 0.894. The van der Waals surface area contributed by atoms with E-state index in [9.17, 15) is 14.0 Å². The number of amides is 1. The largest absolute Gasteiger partial charge is 0.481 e. The Bertz CT molecular complexity index is 471. The van der Waals surface area contributed by atoms with E-state index < -0.39 is 23.2 Å². The molecule has 0 bridgehead atoms. The van der Waals surface area contributed by atoms with Crippen LogP contribution in [0.1, 0.15) is 30.6 Å². The van der Waals surface area contributed by atoms with E-state index in [2.05, 4.69) is 0 Å². The molecular weight excluding hydrogens is 237 g/mol. The maximum atomic E-state index is 13.5. The molecule has 0 saturated carbocycles. The van der Waals surface area contributed by atoms with E-state index in [1.165, 1.54) is 30.1 Å². The van der Waals surface area contributed by atoms with Crippen molar-refractivity contribution in [3.05, 3.63) is 35.6 Å². The minimum atomic E-state index is -1.01. The van der Waals surface area contributed by atoms with Crippen LogP contribution in [0.3, 0.4) is 0 Å². The Hall–Kier alpha value is -1.91. The highest BCUT2D eigenvalue weighted by Gasteiger charge is 2.31. The highest BCUT2D eigenvalue weighted by atomic mass is 19.1. The Morgan fingerprint density at radius 3 is 2.39 bits per heavy atom. The van der Waals surface area contributed by atoms with Crippen molar-refractivity contribution >= 4 is 11.9 Å². The van der Waals surface area contributed by atoms with Crippen molar-refractivity contribution in [1.82, 2.24) is 4.90 Å². The molecule has 1 N–H and O–H groups in total. The summed E-state index contributed by atoms with van der Waals surface area (Å²) in [5.41, 5.74) is -0.941. The third kappa shape index (κ3) is 3.06. The molecule has 1 aromatic carbocycles. The molecule has 0 aromatic heterocycles. The number of carboxylic acids is 1. The van der Waals surface area contributed by atoms with Gasteiger partial charge in [-0.2, -0.15) is 0 Å². The molecular formula is C13H16FNO3. The first-order valence-electron chi connectivity index (χ1n) is 5.50. The molecule has 5 heteroatoms. The van der Waals surface area contributed by atoms with Gasteiger partial charge in [-0.15, -0.1) is 0 Å². The zero-order valence-electron chi connectivity index (χ0n) is 10.6. The van der Waals surface area contributed by atoms with Crippen molar-refractivity contribution in [3.8, 4) is 0 Å². The van der Waals surface area contributed by atoms with Gasteiger partial charge >= 0.3 is 5.97 Å². The summed E-state index contributed by atoms with van der Waals surface area (Å²) < 4.78 is 13.5. The van der Waals surface area contributed by atoms with Gasteiger partial charge < -0.3 is 10.0 Å². The average Bonchev–Trinajstić information content (AvgIpc) is 2.26. The molecule has 1 aromatic rings. The summed E-state index contributed by atoms with van der Waals surface area (Å²) in [6.07, 6.45) is -0.205. The standard InChI is InChI=1S/C13H16FNO3/c1-13(2,8-11(16)17)15(3)12(18)9-6-4-5-7-10(9)14/h4-7H,8H2,1-3H3,(H,16,17). The predicted octanol–water partition coefficient (Wildman–Crippen LogP) is 2.15. The normalized spacial score (nSPS) is 11.1. The smallest absolute Gasteiger partial charge is 0.305 e. The third-order valence-electron chi connectivity index (χ3n) is 2.90. The Morgan fingerprint density at radius 2 is 1.89 bits per heavy atom. The van der Waals surface area contributed by atoms with Crippen LogP contribution in [0.5, 0.6) is 0 Å². The SMILES string of the molecule is CN(C(=O)c1ccccc1F)C(C)(C)CC(=O)O. The number of carbonyl (C=O) groups is 2. The molecule has 0 fully saturated rings. The summed E-state index contributed by atoms with van der Waals surface area (Å²) in [6, 6.07) is 5.64. The lowest BCUT2D eigenvalue weighted by molar-refractivity contribution is -0.139. The van der Waals surface area contributed by atoms with E-state index in [-0.39, 0.29) is 12.0 Å². The lowest BCUT2D eigenvalue weighted by Crippen LogP contribution is -2.46. The molecule has 0 aliphatic rings. The van der Waals surface area contributed by atoms with Crippen molar-refractivity contribution < 1.29 is 19.1 Å². The first kappa shape index (κ1) is 14.2. The van der Waals surface area contributed by atoms with Gasteiger partial charge in [0.25, 0.3) is 5.91 Å². The monoisotopic (exact) mass is 253 g/mol. The molecule has 4 nitrogen and oxygen atoms in total. The number of carboxylic acid groups (broad SMARTS) is 1. The summed E-state index contributed by atoms with van der Waals surface area (Å²) in [4.78, 5) is 24.1. The van der Waals surface area contributed by atoms with Crippen LogP contribution >= 0.6 is 0 Å². The first-order chi connectivity index (χ1) is 8.25. The summed E-state index contributed by atoms with van der Waals surface area (Å²) in [7, 11) is 1.47. The van der Waals surface area contributed by atoms with Gasteiger partial charge in [-0.05, 0) is 26.0 Å². The van der Waals surface area contributed by atoms with E-state index in [4.69, 9.17) is 5.11 Å². The fourth-order valence-electron chi connectivity index (χ4n) is 1.58. The van der Waals surface area contributed by atoms with E-state index in [1.807, 2.05) is 0 Å². The third-order valence-corrected chi connectivity index (χ3v) is 2.90. The number of rotatable bonds is 4. The van der Waals surface area contributed by atoms with Crippen LogP contribution in [0.4, 0.5) is 4.39 Å². The van der Waals surface area contributed by atoms with E-state index in [0.717, 1.165) is 0 Å². The fraction of sp³-hybridized carbons (Fsp3) is 0.385. The van der Waals surface area contributed by atoms with Gasteiger partial charge in [0, 0.05) is 12.6 Å². The van der Waals surface area contributed by atoms with E-state index >= 15 is 0 Å². The van der Waals surface area contributed by atoms with Gasteiger partial charge in [-0.25, -0.2) is 4.39 Å². The molecule has 0 spiro atoms. The van der Waals surface area contributed by atoms with Crippen molar-refractivity contribution in [3.63, 3.8) is 0 Å². The number of halogens is 1. The van der Waals surface area contributed by atoms with E-state index in [0.29, 0.717) is 0 Å². The molecule has 0 heterocycles. The van der Waals surface area contributed by atoms with Crippen LogP contribution in [0, 0.1) is 5.82 Å². The van der Waals surface area contributed by atoms with Gasteiger partial charge in [-0.3, -0.25) is 9.59 Å². The second-order valence-electron chi connectivity index (χ2n) is 4.73. The Labute approximate surface area is 105 Å². The Kier molecular flexibility index (Phi) is 4.06. The zero-order chi connectivity index (χ0) is 13.9. The van der Waals surface area contributed by atoms with Crippen molar-refractivity contribution in [2.75, 3.05) is 7.05 Å². The van der Waals surface area contributed by atoms with E-state index in [1.54, 1.807) is 19.9 Å².